The highest BCUT2D eigenvalue weighted by Crippen LogP contribution is 2.14. The smallest absolute Gasteiger partial charge is 0.348 e. The topological polar surface area (TPSA) is 80.7 Å². The summed E-state index contributed by atoms with van der Waals surface area (Å²) in [7, 11) is -3.72. The van der Waals surface area contributed by atoms with Crippen molar-refractivity contribution in [2.75, 3.05) is 6.26 Å². The van der Waals surface area contributed by atoms with Crippen LogP contribution in [0.1, 0.15) is 20.8 Å². The molecule has 1 atom stereocenters. The maximum absolute atomic E-state index is 10.9. The van der Waals surface area contributed by atoms with Crippen molar-refractivity contribution < 1.29 is 23.1 Å². The first-order valence-corrected chi connectivity index (χ1v) is 5.59. The summed E-state index contributed by atoms with van der Waals surface area (Å²) in [5.41, 5.74) is -2.58. The van der Waals surface area contributed by atoms with E-state index in [1.54, 1.807) is 20.8 Å². The Balaban J connectivity index is 4.78. The summed E-state index contributed by atoms with van der Waals surface area (Å²) < 4.78 is 26.8. The molecule has 0 aliphatic heterocycles. The number of aliphatic carboxylic acids is 1. The molecular weight excluding hydrogens is 196 g/mol. The van der Waals surface area contributed by atoms with Gasteiger partial charge >= 0.3 is 5.97 Å². The Bertz CT molecular complexity index is 284. The molecule has 1 N–H and O–H groups in total. The lowest BCUT2D eigenvalue weighted by Gasteiger charge is -2.23. The summed E-state index contributed by atoms with van der Waals surface area (Å²) >= 11 is 0. The molecule has 0 aromatic rings. The second-order valence-electron chi connectivity index (χ2n) is 3.73. The second-order valence-corrected chi connectivity index (χ2v) is 5.82. The van der Waals surface area contributed by atoms with Gasteiger partial charge < -0.3 is 9.84 Å². The monoisotopic (exact) mass is 210 g/mol. The van der Waals surface area contributed by atoms with Crippen LogP contribution in [-0.2, 0) is 19.4 Å². The molecule has 0 aromatic heterocycles. The molecule has 0 fully saturated rings. The number of hydrogen-bond donors (Lipinski definition) is 1. The molecule has 0 aliphatic rings. The number of sulfone groups is 1. The highest BCUT2D eigenvalue weighted by Gasteiger charge is 2.33. The quantitative estimate of drug-likeness (QED) is 0.722. The van der Waals surface area contributed by atoms with E-state index in [9.17, 15) is 13.2 Å². The number of rotatable bonds is 3. The summed E-state index contributed by atoms with van der Waals surface area (Å²) in [6, 6.07) is 0. The predicted molar refractivity (Wildman–Crippen MR) is 47.1 cm³/mol. The normalized spacial score (nSPS) is 15.4. The largest absolute Gasteiger partial charge is 0.479 e. The minimum absolute atomic E-state index is 0.799. The van der Waals surface area contributed by atoms with Gasteiger partial charge in [0, 0.05) is 6.26 Å². The van der Waals surface area contributed by atoms with Crippen LogP contribution in [0.25, 0.3) is 0 Å². The summed E-state index contributed by atoms with van der Waals surface area (Å²) in [6.07, 6.45) is 0.831. The number of carboxylic acids is 1. The van der Waals surface area contributed by atoms with E-state index in [-0.39, 0.29) is 0 Å². The maximum atomic E-state index is 10.9. The average Bonchev–Trinajstić information content (AvgIpc) is 1.77. The van der Waals surface area contributed by atoms with Crippen LogP contribution in [0.3, 0.4) is 0 Å². The molecule has 0 aromatic carbocycles. The number of carbonyl (C=O) groups is 1. The zero-order chi connectivity index (χ0) is 10.9. The van der Waals surface area contributed by atoms with Crippen LogP contribution in [0.5, 0.6) is 0 Å². The molecule has 5 nitrogen and oxygen atoms in total. The van der Waals surface area contributed by atoms with E-state index in [1.807, 2.05) is 0 Å². The molecule has 0 radical (unpaired) electrons. The molecule has 0 heterocycles. The minimum Gasteiger partial charge on any atom is -0.479 e. The summed E-state index contributed by atoms with van der Waals surface area (Å²) in [4.78, 5) is 10.5. The fraction of sp³-hybridized carbons (Fsp3) is 0.857. The summed E-state index contributed by atoms with van der Waals surface area (Å²) in [6.45, 7) is 4.77. The third kappa shape index (κ3) is 4.84. The van der Waals surface area contributed by atoms with E-state index in [4.69, 9.17) is 9.84 Å². The Morgan fingerprint density at radius 1 is 1.38 bits per heavy atom. The highest BCUT2D eigenvalue weighted by molar-refractivity contribution is 7.91. The second kappa shape index (κ2) is 3.63. The van der Waals surface area contributed by atoms with Gasteiger partial charge in [-0.1, -0.05) is 0 Å². The zero-order valence-electron chi connectivity index (χ0n) is 8.07. The Kier molecular flexibility index (Phi) is 3.46. The van der Waals surface area contributed by atoms with Gasteiger partial charge in [0.1, 0.15) is 0 Å². The molecule has 1 unspecified atom stereocenters. The third-order valence-corrected chi connectivity index (χ3v) is 2.13. The Hall–Kier alpha value is -0.620. The molecule has 6 heteroatoms. The van der Waals surface area contributed by atoms with Gasteiger partial charge in [0.15, 0.2) is 9.84 Å². The molecule has 0 bridgehead atoms. The summed E-state index contributed by atoms with van der Waals surface area (Å²) in [5, 5.41) is 8.57. The molecule has 0 aliphatic carbocycles. The van der Waals surface area contributed by atoms with Crippen LogP contribution in [0.2, 0.25) is 0 Å². The van der Waals surface area contributed by atoms with Crippen molar-refractivity contribution >= 4 is 15.8 Å². The van der Waals surface area contributed by atoms with Crippen LogP contribution in [0, 0.1) is 0 Å². The molecule has 0 spiro atoms. The van der Waals surface area contributed by atoms with E-state index in [2.05, 4.69) is 0 Å². The molecule has 0 saturated carbocycles. The Morgan fingerprint density at radius 3 is 1.85 bits per heavy atom. The van der Waals surface area contributed by atoms with Crippen molar-refractivity contribution in [2.45, 2.75) is 31.8 Å². The van der Waals surface area contributed by atoms with Crippen molar-refractivity contribution in [1.82, 2.24) is 0 Å². The van der Waals surface area contributed by atoms with Crippen molar-refractivity contribution in [3.05, 3.63) is 0 Å². The van der Waals surface area contributed by atoms with Crippen molar-refractivity contribution in [3.8, 4) is 0 Å². The van der Waals surface area contributed by atoms with Crippen LogP contribution in [-0.4, -0.2) is 36.8 Å². The van der Waals surface area contributed by atoms with Gasteiger partial charge in [-0.3, -0.25) is 0 Å². The lowest BCUT2D eigenvalue weighted by Crippen LogP contribution is -2.38. The van der Waals surface area contributed by atoms with Gasteiger partial charge in [-0.05, 0) is 20.8 Å². The molecule has 0 rings (SSSR count). The summed E-state index contributed by atoms with van der Waals surface area (Å²) in [5.74, 6) is -1.49. The number of hydrogen-bond acceptors (Lipinski definition) is 4. The average molecular weight is 210 g/mol. The van der Waals surface area contributed by atoms with Gasteiger partial charge in [-0.15, -0.1) is 0 Å². The van der Waals surface area contributed by atoms with Gasteiger partial charge in [-0.25, -0.2) is 13.2 Å². The first-order valence-electron chi connectivity index (χ1n) is 3.63. The molecule has 78 valence electrons. The van der Waals surface area contributed by atoms with Crippen molar-refractivity contribution in [2.24, 2.45) is 0 Å². The SMILES string of the molecule is CC(C)(C)OC(C(=O)O)S(C)(=O)=O. The van der Waals surface area contributed by atoms with E-state index >= 15 is 0 Å². The van der Waals surface area contributed by atoms with Gasteiger partial charge in [0.25, 0.3) is 5.44 Å². The van der Waals surface area contributed by atoms with Crippen molar-refractivity contribution in [3.63, 3.8) is 0 Å². The third-order valence-electron chi connectivity index (χ3n) is 1.05. The van der Waals surface area contributed by atoms with Crippen LogP contribution < -0.4 is 0 Å². The Morgan fingerprint density at radius 2 is 1.77 bits per heavy atom. The number of carboxylic acid groups (broad SMARTS) is 1. The van der Waals surface area contributed by atoms with Crippen LogP contribution >= 0.6 is 0 Å². The number of ether oxygens (including phenoxy) is 1. The minimum atomic E-state index is -3.72. The van der Waals surface area contributed by atoms with Crippen molar-refractivity contribution in [1.29, 1.82) is 0 Å². The fourth-order valence-corrected chi connectivity index (χ4v) is 1.47. The van der Waals surface area contributed by atoms with Gasteiger partial charge in [-0.2, -0.15) is 0 Å². The van der Waals surface area contributed by atoms with Gasteiger partial charge in [0.2, 0.25) is 0 Å². The lowest BCUT2D eigenvalue weighted by atomic mass is 10.2. The predicted octanol–water partition coefficient (Wildman–Crippen LogP) is 0.257. The molecule has 0 saturated heterocycles. The van der Waals surface area contributed by atoms with Crippen LogP contribution in [0.15, 0.2) is 0 Å². The van der Waals surface area contributed by atoms with E-state index in [1.165, 1.54) is 0 Å². The lowest BCUT2D eigenvalue weighted by molar-refractivity contribution is -0.151. The first kappa shape index (κ1) is 12.4. The fourth-order valence-electron chi connectivity index (χ4n) is 0.642. The van der Waals surface area contributed by atoms with E-state index in [0.29, 0.717) is 0 Å². The standard InChI is InChI=1S/C7H14O5S/c1-7(2,3)12-6(5(8)9)13(4,10)11/h6H,1-4H3,(H,8,9). The molecule has 0 amide bonds. The molecular formula is C7H14O5S. The zero-order valence-corrected chi connectivity index (χ0v) is 8.88. The van der Waals surface area contributed by atoms with E-state index < -0.39 is 26.8 Å². The first-order chi connectivity index (χ1) is 5.54. The Labute approximate surface area is 77.6 Å². The highest BCUT2D eigenvalue weighted by atomic mass is 32.2. The maximum Gasteiger partial charge on any atom is 0.348 e. The van der Waals surface area contributed by atoms with Crippen LogP contribution in [0.4, 0.5) is 0 Å². The molecule has 13 heavy (non-hydrogen) atoms. The van der Waals surface area contributed by atoms with Gasteiger partial charge in [0.05, 0.1) is 5.60 Å². The van der Waals surface area contributed by atoms with E-state index in [0.717, 1.165) is 6.26 Å².